The van der Waals surface area contributed by atoms with Gasteiger partial charge in [-0.25, -0.2) is 0 Å². The van der Waals surface area contributed by atoms with Crippen molar-refractivity contribution in [3.05, 3.63) is 46.0 Å². The molecule has 0 atom stereocenters. The molecule has 140 valence electrons. The standard InChI is InChI=1S/C17H19NO7S/c1-5-26(21,22)25-17-10-13(18(19)20)6-7-14(17)12-8-15(23-3)11(2)16(9-12)24-4/h6-10H,5H2,1-4H3. The van der Waals surface area contributed by atoms with Crippen LogP contribution in [0.15, 0.2) is 30.3 Å². The van der Waals surface area contributed by atoms with E-state index in [1.807, 2.05) is 6.92 Å². The highest BCUT2D eigenvalue weighted by molar-refractivity contribution is 7.87. The Labute approximate surface area is 151 Å². The van der Waals surface area contributed by atoms with E-state index in [-0.39, 0.29) is 17.2 Å². The van der Waals surface area contributed by atoms with Crippen molar-refractivity contribution in [2.45, 2.75) is 13.8 Å². The summed E-state index contributed by atoms with van der Waals surface area (Å²) >= 11 is 0. The SMILES string of the molecule is CCS(=O)(=O)Oc1cc([N+](=O)[O-])ccc1-c1cc(OC)c(C)c(OC)c1. The van der Waals surface area contributed by atoms with Gasteiger partial charge in [0.1, 0.15) is 11.5 Å². The van der Waals surface area contributed by atoms with Gasteiger partial charge in [0, 0.05) is 17.2 Å². The number of hydrogen-bond acceptors (Lipinski definition) is 7. The van der Waals surface area contributed by atoms with Crippen LogP contribution < -0.4 is 13.7 Å². The highest BCUT2D eigenvalue weighted by atomic mass is 32.2. The predicted octanol–water partition coefficient (Wildman–Crippen LogP) is 3.32. The van der Waals surface area contributed by atoms with Crippen LogP contribution in [0.5, 0.6) is 17.2 Å². The molecule has 0 unspecified atom stereocenters. The highest BCUT2D eigenvalue weighted by Crippen LogP contribution is 2.39. The molecule has 0 N–H and O–H groups in total. The Morgan fingerprint density at radius 2 is 1.62 bits per heavy atom. The van der Waals surface area contributed by atoms with Gasteiger partial charge in [-0.3, -0.25) is 10.1 Å². The molecule has 0 amide bonds. The van der Waals surface area contributed by atoms with Gasteiger partial charge in [0.15, 0.2) is 5.75 Å². The zero-order chi connectivity index (χ0) is 19.5. The summed E-state index contributed by atoms with van der Waals surface area (Å²) in [5.74, 6) is 0.661. The van der Waals surface area contributed by atoms with Gasteiger partial charge in [-0.2, -0.15) is 8.42 Å². The van der Waals surface area contributed by atoms with E-state index in [0.29, 0.717) is 22.6 Å². The van der Waals surface area contributed by atoms with Crippen molar-refractivity contribution in [1.29, 1.82) is 0 Å². The van der Waals surface area contributed by atoms with Gasteiger partial charge in [-0.1, -0.05) is 0 Å². The fraction of sp³-hybridized carbons (Fsp3) is 0.294. The van der Waals surface area contributed by atoms with E-state index >= 15 is 0 Å². The van der Waals surface area contributed by atoms with Crippen molar-refractivity contribution >= 4 is 15.8 Å². The molecule has 2 aromatic rings. The summed E-state index contributed by atoms with van der Waals surface area (Å²) in [4.78, 5) is 10.4. The Bertz CT molecular complexity index is 913. The van der Waals surface area contributed by atoms with E-state index in [1.165, 1.54) is 33.3 Å². The number of nitro benzene ring substituents is 1. The van der Waals surface area contributed by atoms with Crippen LogP contribution in [0.1, 0.15) is 12.5 Å². The smallest absolute Gasteiger partial charge is 0.308 e. The molecule has 0 aromatic heterocycles. The number of non-ortho nitro benzene ring substituents is 1. The Balaban J connectivity index is 2.70. The van der Waals surface area contributed by atoms with Crippen molar-refractivity contribution in [1.82, 2.24) is 0 Å². The first kappa shape index (κ1) is 19.5. The first-order chi connectivity index (χ1) is 12.2. The van der Waals surface area contributed by atoms with Gasteiger partial charge < -0.3 is 13.7 Å². The minimum Gasteiger partial charge on any atom is -0.496 e. The number of nitro groups is 1. The normalized spacial score (nSPS) is 11.1. The quantitative estimate of drug-likeness (QED) is 0.411. The first-order valence-corrected chi connectivity index (χ1v) is 9.23. The van der Waals surface area contributed by atoms with E-state index < -0.39 is 15.0 Å². The molecule has 0 radical (unpaired) electrons. The van der Waals surface area contributed by atoms with Crippen molar-refractivity contribution in [2.24, 2.45) is 0 Å². The van der Waals surface area contributed by atoms with Crippen molar-refractivity contribution in [3.8, 4) is 28.4 Å². The molecular formula is C17H19NO7S. The molecular weight excluding hydrogens is 362 g/mol. The summed E-state index contributed by atoms with van der Waals surface area (Å²) in [5, 5.41) is 11.0. The summed E-state index contributed by atoms with van der Waals surface area (Å²) in [6.07, 6.45) is 0. The monoisotopic (exact) mass is 381 g/mol. The maximum absolute atomic E-state index is 11.9. The van der Waals surface area contributed by atoms with Crippen LogP contribution in [0.3, 0.4) is 0 Å². The van der Waals surface area contributed by atoms with Crippen LogP contribution in [0, 0.1) is 17.0 Å². The van der Waals surface area contributed by atoms with E-state index in [9.17, 15) is 18.5 Å². The largest absolute Gasteiger partial charge is 0.496 e. The third-order valence-corrected chi connectivity index (χ3v) is 4.95. The molecule has 8 nitrogen and oxygen atoms in total. The molecule has 0 aliphatic heterocycles. The summed E-state index contributed by atoms with van der Waals surface area (Å²) in [6.45, 7) is 3.24. The molecule has 26 heavy (non-hydrogen) atoms. The fourth-order valence-corrected chi connectivity index (χ4v) is 2.90. The van der Waals surface area contributed by atoms with Crippen LogP contribution in [-0.2, 0) is 10.1 Å². The Morgan fingerprint density at radius 3 is 2.08 bits per heavy atom. The van der Waals surface area contributed by atoms with Crippen LogP contribution in [0.4, 0.5) is 5.69 Å². The van der Waals surface area contributed by atoms with Gasteiger partial charge in [0.2, 0.25) is 0 Å². The van der Waals surface area contributed by atoms with Gasteiger partial charge in [0.25, 0.3) is 5.69 Å². The first-order valence-electron chi connectivity index (χ1n) is 7.66. The number of rotatable bonds is 7. The third kappa shape index (κ3) is 4.05. The predicted molar refractivity (Wildman–Crippen MR) is 96.5 cm³/mol. The lowest BCUT2D eigenvalue weighted by molar-refractivity contribution is -0.384. The molecule has 0 saturated carbocycles. The second-order valence-electron chi connectivity index (χ2n) is 5.37. The maximum atomic E-state index is 11.9. The van der Waals surface area contributed by atoms with E-state index in [2.05, 4.69) is 0 Å². The Hall–Kier alpha value is -2.81. The third-order valence-electron chi connectivity index (χ3n) is 3.81. The molecule has 2 aromatic carbocycles. The lowest BCUT2D eigenvalue weighted by Crippen LogP contribution is -2.12. The minimum absolute atomic E-state index is 0.131. The summed E-state index contributed by atoms with van der Waals surface area (Å²) in [6, 6.07) is 7.16. The number of ether oxygens (including phenoxy) is 2. The number of nitrogens with zero attached hydrogens (tertiary/aromatic N) is 1. The lowest BCUT2D eigenvalue weighted by Gasteiger charge is -2.15. The molecule has 0 heterocycles. The summed E-state index contributed by atoms with van der Waals surface area (Å²) in [7, 11) is -0.869. The molecule has 0 aliphatic carbocycles. The molecule has 0 fully saturated rings. The average molecular weight is 381 g/mol. The fourth-order valence-electron chi connectivity index (χ4n) is 2.37. The van der Waals surface area contributed by atoms with Crippen molar-refractivity contribution < 1.29 is 27.0 Å². The summed E-state index contributed by atoms with van der Waals surface area (Å²) in [5.41, 5.74) is 1.40. The average Bonchev–Trinajstić information content (AvgIpc) is 2.61. The number of hydrogen-bond donors (Lipinski definition) is 0. The molecule has 0 saturated heterocycles. The minimum atomic E-state index is -3.87. The highest BCUT2D eigenvalue weighted by Gasteiger charge is 2.20. The second kappa shape index (κ2) is 7.61. The molecule has 0 spiro atoms. The maximum Gasteiger partial charge on any atom is 0.308 e. The zero-order valence-corrected chi connectivity index (χ0v) is 15.6. The van der Waals surface area contributed by atoms with Crippen LogP contribution in [-0.4, -0.2) is 33.3 Å². The van der Waals surface area contributed by atoms with Gasteiger partial charge in [-0.15, -0.1) is 0 Å². The lowest BCUT2D eigenvalue weighted by atomic mass is 10.0. The number of methoxy groups -OCH3 is 2. The van der Waals surface area contributed by atoms with Crippen LogP contribution in [0.25, 0.3) is 11.1 Å². The van der Waals surface area contributed by atoms with Gasteiger partial charge in [-0.05, 0) is 37.6 Å². The van der Waals surface area contributed by atoms with Crippen molar-refractivity contribution in [2.75, 3.05) is 20.0 Å². The number of benzene rings is 2. The topological polar surface area (TPSA) is 105 Å². The Morgan fingerprint density at radius 1 is 1.04 bits per heavy atom. The summed E-state index contributed by atoms with van der Waals surface area (Å²) < 4.78 is 39.5. The van der Waals surface area contributed by atoms with E-state index in [0.717, 1.165) is 11.6 Å². The second-order valence-corrected chi connectivity index (χ2v) is 7.23. The van der Waals surface area contributed by atoms with Gasteiger partial charge in [0.05, 0.1) is 31.0 Å². The van der Waals surface area contributed by atoms with E-state index in [4.69, 9.17) is 13.7 Å². The zero-order valence-electron chi connectivity index (χ0n) is 14.8. The van der Waals surface area contributed by atoms with Crippen LogP contribution in [0.2, 0.25) is 0 Å². The molecule has 2 rings (SSSR count). The Kier molecular flexibility index (Phi) is 5.71. The molecule has 0 aliphatic rings. The van der Waals surface area contributed by atoms with Crippen LogP contribution >= 0.6 is 0 Å². The van der Waals surface area contributed by atoms with Gasteiger partial charge >= 0.3 is 10.1 Å². The van der Waals surface area contributed by atoms with E-state index in [1.54, 1.807) is 12.1 Å². The molecule has 0 bridgehead atoms. The van der Waals surface area contributed by atoms with Crippen molar-refractivity contribution in [3.63, 3.8) is 0 Å². The molecule has 9 heteroatoms.